The highest BCUT2D eigenvalue weighted by Crippen LogP contribution is 2.31. The van der Waals surface area contributed by atoms with Gasteiger partial charge in [0.25, 0.3) is 0 Å². The van der Waals surface area contributed by atoms with Gasteiger partial charge in [0, 0.05) is 30.2 Å². The molecule has 0 saturated carbocycles. The third-order valence-electron chi connectivity index (χ3n) is 4.58. The quantitative estimate of drug-likeness (QED) is 0.795. The molecule has 3 nitrogen and oxygen atoms in total. The Balaban J connectivity index is 1.90. The third kappa shape index (κ3) is 2.51. The van der Waals surface area contributed by atoms with Gasteiger partial charge in [0.2, 0.25) is 0 Å². The number of nitrogens with zero attached hydrogens (tertiary/aromatic N) is 3. The van der Waals surface area contributed by atoms with Crippen molar-refractivity contribution in [2.75, 3.05) is 24.5 Å². The number of piperazine rings is 1. The molecule has 1 aromatic rings. The molecule has 3 rings (SSSR count). The van der Waals surface area contributed by atoms with Gasteiger partial charge in [0.05, 0.1) is 11.3 Å². The van der Waals surface area contributed by atoms with Crippen LogP contribution in [0.25, 0.3) is 0 Å². The second-order valence-corrected chi connectivity index (χ2v) is 6.36. The van der Waals surface area contributed by atoms with Gasteiger partial charge in [-0.2, -0.15) is 5.26 Å². The van der Waals surface area contributed by atoms with Crippen molar-refractivity contribution in [1.82, 2.24) is 4.90 Å². The van der Waals surface area contributed by atoms with E-state index in [1.807, 2.05) is 12.1 Å². The van der Waals surface area contributed by atoms with Gasteiger partial charge >= 0.3 is 0 Å². The Morgan fingerprint density at radius 1 is 1.30 bits per heavy atom. The van der Waals surface area contributed by atoms with Gasteiger partial charge in [-0.25, -0.2) is 0 Å². The minimum absolute atomic E-state index is 0.426. The normalized spacial score (nSPS) is 26.9. The summed E-state index contributed by atoms with van der Waals surface area (Å²) >= 11 is 6.13. The van der Waals surface area contributed by atoms with Gasteiger partial charge in [-0.1, -0.05) is 18.0 Å². The number of piperidine rings is 1. The lowest BCUT2D eigenvalue weighted by molar-refractivity contribution is 0.115. The molecule has 2 unspecified atom stereocenters. The molecule has 1 aromatic carbocycles. The maximum atomic E-state index is 9.33. The average molecular weight is 290 g/mol. The fourth-order valence-electron chi connectivity index (χ4n) is 3.52. The molecule has 0 radical (unpaired) electrons. The second kappa shape index (κ2) is 5.63. The second-order valence-electron chi connectivity index (χ2n) is 5.92. The standard InChI is InChI=1S/C16H20ClN3/c1-12-10-19-7-3-2-4-15(19)11-20(12)16-8-14(17)6-5-13(16)9-18/h5-6,8,12,15H,2-4,7,10-11H2,1H3. The average Bonchev–Trinajstić information content (AvgIpc) is 2.46. The third-order valence-corrected chi connectivity index (χ3v) is 4.81. The molecule has 106 valence electrons. The van der Waals surface area contributed by atoms with Gasteiger partial charge in [-0.3, -0.25) is 4.90 Å². The molecule has 0 bridgehead atoms. The minimum atomic E-state index is 0.426. The van der Waals surface area contributed by atoms with Crippen molar-refractivity contribution in [3.63, 3.8) is 0 Å². The molecule has 0 amide bonds. The molecule has 0 aromatic heterocycles. The van der Waals surface area contributed by atoms with Crippen molar-refractivity contribution in [3.8, 4) is 6.07 Å². The molecule has 2 fully saturated rings. The molecule has 20 heavy (non-hydrogen) atoms. The monoisotopic (exact) mass is 289 g/mol. The highest BCUT2D eigenvalue weighted by atomic mass is 35.5. The number of anilines is 1. The van der Waals surface area contributed by atoms with Crippen LogP contribution < -0.4 is 4.90 Å². The Kier molecular flexibility index (Phi) is 3.87. The minimum Gasteiger partial charge on any atom is -0.365 e. The summed E-state index contributed by atoms with van der Waals surface area (Å²) in [4.78, 5) is 4.98. The lowest BCUT2D eigenvalue weighted by Crippen LogP contribution is -2.59. The zero-order chi connectivity index (χ0) is 14.1. The number of nitriles is 1. The van der Waals surface area contributed by atoms with Crippen LogP contribution in [0.4, 0.5) is 5.69 Å². The van der Waals surface area contributed by atoms with Crippen LogP contribution in [0.15, 0.2) is 18.2 Å². The van der Waals surface area contributed by atoms with E-state index in [1.165, 1.54) is 25.8 Å². The molecular weight excluding hydrogens is 270 g/mol. The van der Waals surface area contributed by atoms with Gasteiger partial charge in [-0.05, 0) is 44.5 Å². The highest BCUT2D eigenvalue weighted by molar-refractivity contribution is 6.30. The molecule has 4 heteroatoms. The summed E-state index contributed by atoms with van der Waals surface area (Å²) in [5.74, 6) is 0. The van der Waals surface area contributed by atoms with Crippen LogP contribution in [-0.2, 0) is 0 Å². The Labute approximate surface area is 125 Å². The van der Waals surface area contributed by atoms with Crippen molar-refractivity contribution in [3.05, 3.63) is 28.8 Å². The topological polar surface area (TPSA) is 30.3 Å². The lowest BCUT2D eigenvalue weighted by Gasteiger charge is -2.48. The molecule has 2 aliphatic heterocycles. The van der Waals surface area contributed by atoms with E-state index in [1.54, 1.807) is 6.07 Å². The predicted molar refractivity (Wildman–Crippen MR) is 82.2 cm³/mol. The molecule has 0 aliphatic carbocycles. The van der Waals surface area contributed by atoms with E-state index in [-0.39, 0.29) is 0 Å². The summed E-state index contributed by atoms with van der Waals surface area (Å²) in [5, 5.41) is 10.0. The Morgan fingerprint density at radius 3 is 2.95 bits per heavy atom. The van der Waals surface area contributed by atoms with Crippen molar-refractivity contribution in [2.24, 2.45) is 0 Å². The molecular formula is C16H20ClN3. The predicted octanol–water partition coefficient (Wildman–Crippen LogP) is 3.27. The number of hydrogen-bond donors (Lipinski definition) is 0. The van der Waals surface area contributed by atoms with Gasteiger partial charge < -0.3 is 4.90 Å². The Bertz CT molecular complexity index is 537. The SMILES string of the molecule is CC1CN2CCCCC2CN1c1cc(Cl)ccc1C#N. The molecule has 2 saturated heterocycles. The van der Waals surface area contributed by atoms with E-state index < -0.39 is 0 Å². The van der Waals surface area contributed by atoms with Crippen molar-refractivity contribution < 1.29 is 0 Å². The summed E-state index contributed by atoms with van der Waals surface area (Å²) in [6.45, 7) is 5.56. The molecule has 0 N–H and O–H groups in total. The fourth-order valence-corrected chi connectivity index (χ4v) is 3.69. The van der Waals surface area contributed by atoms with E-state index in [2.05, 4.69) is 22.8 Å². The molecule has 2 atom stereocenters. The number of halogens is 1. The summed E-state index contributed by atoms with van der Waals surface area (Å²) < 4.78 is 0. The molecule has 2 heterocycles. The van der Waals surface area contributed by atoms with Crippen molar-refractivity contribution >= 4 is 17.3 Å². The van der Waals surface area contributed by atoms with E-state index in [0.29, 0.717) is 17.1 Å². The van der Waals surface area contributed by atoms with Crippen molar-refractivity contribution in [1.29, 1.82) is 5.26 Å². The van der Waals surface area contributed by atoms with Crippen LogP contribution in [0.5, 0.6) is 0 Å². The first-order chi connectivity index (χ1) is 9.69. The van der Waals surface area contributed by atoms with E-state index in [0.717, 1.165) is 24.3 Å². The van der Waals surface area contributed by atoms with Gasteiger partial charge in [-0.15, -0.1) is 0 Å². The number of benzene rings is 1. The lowest BCUT2D eigenvalue weighted by atomic mass is 9.96. The van der Waals surface area contributed by atoms with E-state index in [4.69, 9.17) is 11.6 Å². The summed E-state index contributed by atoms with van der Waals surface area (Å²) in [6.07, 6.45) is 3.92. The molecule has 0 spiro atoms. The zero-order valence-electron chi connectivity index (χ0n) is 11.8. The maximum Gasteiger partial charge on any atom is 0.101 e. The molecule has 2 aliphatic rings. The number of fused-ring (bicyclic) bond motifs is 1. The summed E-state index contributed by atoms with van der Waals surface area (Å²) in [5.41, 5.74) is 1.73. The van der Waals surface area contributed by atoms with Crippen LogP contribution in [-0.4, -0.2) is 36.6 Å². The number of rotatable bonds is 1. The largest absolute Gasteiger partial charge is 0.365 e. The fraction of sp³-hybridized carbons (Fsp3) is 0.562. The number of hydrogen-bond acceptors (Lipinski definition) is 3. The van der Waals surface area contributed by atoms with Crippen molar-refractivity contribution in [2.45, 2.75) is 38.3 Å². The summed E-state index contributed by atoms with van der Waals surface area (Å²) in [6, 6.07) is 8.92. The highest BCUT2D eigenvalue weighted by Gasteiger charge is 2.33. The van der Waals surface area contributed by atoms with Gasteiger partial charge in [0.15, 0.2) is 0 Å². The zero-order valence-corrected chi connectivity index (χ0v) is 12.6. The Morgan fingerprint density at radius 2 is 2.15 bits per heavy atom. The first-order valence-corrected chi connectivity index (χ1v) is 7.77. The van der Waals surface area contributed by atoms with Crippen LogP contribution in [0, 0.1) is 11.3 Å². The van der Waals surface area contributed by atoms with Gasteiger partial charge in [0.1, 0.15) is 6.07 Å². The first kappa shape index (κ1) is 13.7. The maximum absolute atomic E-state index is 9.33. The van der Waals surface area contributed by atoms with Crippen LogP contribution in [0.2, 0.25) is 5.02 Å². The van der Waals surface area contributed by atoms with Crippen LogP contribution >= 0.6 is 11.6 Å². The van der Waals surface area contributed by atoms with E-state index >= 15 is 0 Å². The van der Waals surface area contributed by atoms with Crippen LogP contribution in [0.3, 0.4) is 0 Å². The smallest absolute Gasteiger partial charge is 0.101 e. The van der Waals surface area contributed by atoms with E-state index in [9.17, 15) is 5.26 Å². The Hall–Kier alpha value is -1.24. The summed E-state index contributed by atoms with van der Waals surface area (Å²) in [7, 11) is 0. The van der Waals surface area contributed by atoms with Crippen LogP contribution in [0.1, 0.15) is 31.7 Å². The first-order valence-electron chi connectivity index (χ1n) is 7.39.